The first-order valence-corrected chi connectivity index (χ1v) is 6.09. The summed E-state index contributed by atoms with van der Waals surface area (Å²) in [6, 6.07) is 1.40. The summed E-state index contributed by atoms with van der Waals surface area (Å²) in [6.07, 6.45) is 2.64. The van der Waals surface area contributed by atoms with E-state index in [4.69, 9.17) is 4.52 Å². The molecule has 0 saturated carbocycles. The van der Waals surface area contributed by atoms with Crippen molar-refractivity contribution in [2.75, 3.05) is 26.7 Å². The number of piperazine rings is 1. The molecule has 0 bridgehead atoms. The average Bonchev–Trinajstić information content (AvgIpc) is 2.89. The van der Waals surface area contributed by atoms with Gasteiger partial charge in [0.1, 0.15) is 5.82 Å². The SMILES string of the molecule is CN1CCNCC1c1noc(-c2cncc(F)c2)n1.Cl. The van der Waals surface area contributed by atoms with Gasteiger partial charge in [-0.05, 0) is 13.1 Å². The zero-order valence-electron chi connectivity index (χ0n) is 10.9. The molecule has 2 aromatic rings. The highest BCUT2D eigenvalue weighted by atomic mass is 35.5. The van der Waals surface area contributed by atoms with Gasteiger partial charge < -0.3 is 9.84 Å². The number of rotatable bonds is 2. The van der Waals surface area contributed by atoms with Gasteiger partial charge >= 0.3 is 0 Å². The van der Waals surface area contributed by atoms with E-state index >= 15 is 0 Å². The number of hydrogen-bond donors (Lipinski definition) is 1. The summed E-state index contributed by atoms with van der Waals surface area (Å²) in [5.74, 6) is 0.476. The molecule has 1 saturated heterocycles. The van der Waals surface area contributed by atoms with Crippen LogP contribution in [0.5, 0.6) is 0 Å². The summed E-state index contributed by atoms with van der Waals surface area (Å²) in [6.45, 7) is 2.65. The molecule has 0 amide bonds. The maximum atomic E-state index is 13.1. The van der Waals surface area contributed by atoms with Crippen LogP contribution in [0.25, 0.3) is 11.5 Å². The van der Waals surface area contributed by atoms with E-state index in [0.29, 0.717) is 17.3 Å². The monoisotopic (exact) mass is 299 g/mol. The highest BCUT2D eigenvalue weighted by Crippen LogP contribution is 2.22. The maximum Gasteiger partial charge on any atom is 0.259 e. The predicted octanol–water partition coefficient (Wildman–Crippen LogP) is 1.27. The van der Waals surface area contributed by atoms with E-state index in [1.807, 2.05) is 7.05 Å². The second-order valence-corrected chi connectivity index (χ2v) is 4.55. The first-order chi connectivity index (χ1) is 9.24. The molecule has 1 atom stereocenters. The van der Waals surface area contributed by atoms with Crippen LogP contribution < -0.4 is 5.32 Å². The van der Waals surface area contributed by atoms with E-state index in [1.54, 1.807) is 0 Å². The Hall–Kier alpha value is -1.57. The lowest BCUT2D eigenvalue weighted by Gasteiger charge is -2.30. The number of hydrogen-bond acceptors (Lipinski definition) is 6. The molecule has 0 aliphatic carbocycles. The Balaban J connectivity index is 0.00000147. The van der Waals surface area contributed by atoms with Gasteiger partial charge in [0.15, 0.2) is 5.82 Å². The normalized spacial score (nSPS) is 19.6. The standard InChI is InChI=1S/C12H14FN5O.ClH/c1-18-3-2-14-7-10(18)11-16-12(19-17-11)8-4-9(13)6-15-5-8;/h4-6,10,14H,2-3,7H2,1H3;1H. The van der Waals surface area contributed by atoms with Gasteiger partial charge in [0, 0.05) is 25.8 Å². The fraction of sp³-hybridized carbons (Fsp3) is 0.417. The number of aromatic nitrogens is 3. The zero-order valence-corrected chi connectivity index (χ0v) is 11.7. The summed E-state index contributed by atoms with van der Waals surface area (Å²) >= 11 is 0. The molecular weight excluding hydrogens is 285 g/mol. The molecule has 0 spiro atoms. The number of likely N-dealkylation sites (N-methyl/N-ethyl adjacent to an activating group) is 1. The fourth-order valence-corrected chi connectivity index (χ4v) is 2.11. The second-order valence-electron chi connectivity index (χ2n) is 4.55. The van der Waals surface area contributed by atoms with Crippen LogP contribution in [0.2, 0.25) is 0 Å². The third kappa shape index (κ3) is 2.95. The van der Waals surface area contributed by atoms with Crippen molar-refractivity contribution < 1.29 is 8.91 Å². The average molecular weight is 300 g/mol. The van der Waals surface area contributed by atoms with Crippen molar-refractivity contribution in [2.24, 2.45) is 0 Å². The topological polar surface area (TPSA) is 67.1 Å². The Kier molecular flexibility index (Phi) is 4.64. The van der Waals surface area contributed by atoms with Crippen LogP contribution in [-0.4, -0.2) is 46.7 Å². The zero-order chi connectivity index (χ0) is 13.2. The number of nitrogens with zero attached hydrogens (tertiary/aromatic N) is 4. The quantitative estimate of drug-likeness (QED) is 0.901. The highest BCUT2D eigenvalue weighted by Gasteiger charge is 2.25. The molecule has 3 rings (SSSR count). The van der Waals surface area contributed by atoms with Crippen molar-refractivity contribution in [2.45, 2.75) is 6.04 Å². The van der Waals surface area contributed by atoms with Crippen LogP contribution >= 0.6 is 12.4 Å². The summed E-state index contributed by atoms with van der Waals surface area (Å²) in [7, 11) is 2.02. The van der Waals surface area contributed by atoms with E-state index in [2.05, 4.69) is 25.3 Å². The van der Waals surface area contributed by atoms with Crippen molar-refractivity contribution in [1.82, 2.24) is 25.3 Å². The first-order valence-electron chi connectivity index (χ1n) is 6.09. The predicted molar refractivity (Wildman–Crippen MR) is 73.0 cm³/mol. The van der Waals surface area contributed by atoms with Gasteiger partial charge in [-0.2, -0.15) is 4.98 Å². The minimum absolute atomic E-state index is 0. The summed E-state index contributed by atoms with van der Waals surface area (Å²) in [5.41, 5.74) is 0.491. The minimum atomic E-state index is -0.422. The van der Waals surface area contributed by atoms with Crippen LogP contribution in [0.3, 0.4) is 0 Å². The molecule has 1 aliphatic heterocycles. The van der Waals surface area contributed by atoms with Crippen molar-refractivity contribution in [3.05, 3.63) is 30.1 Å². The molecule has 3 heterocycles. The molecule has 108 valence electrons. The molecule has 1 fully saturated rings. The molecule has 20 heavy (non-hydrogen) atoms. The number of pyridine rings is 1. The Bertz CT molecular complexity index is 578. The molecule has 8 heteroatoms. The van der Waals surface area contributed by atoms with E-state index in [9.17, 15) is 4.39 Å². The fourth-order valence-electron chi connectivity index (χ4n) is 2.11. The van der Waals surface area contributed by atoms with Gasteiger partial charge in [0.2, 0.25) is 0 Å². The van der Waals surface area contributed by atoms with Gasteiger partial charge in [-0.15, -0.1) is 12.4 Å². The largest absolute Gasteiger partial charge is 0.334 e. The molecule has 0 radical (unpaired) electrons. The molecular formula is C12H15ClFN5O. The Morgan fingerprint density at radius 1 is 1.45 bits per heavy atom. The Labute approximate surface area is 121 Å². The molecule has 1 unspecified atom stereocenters. The van der Waals surface area contributed by atoms with E-state index in [0.717, 1.165) is 25.8 Å². The highest BCUT2D eigenvalue weighted by molar-refractivity contribution is 5.85. The van der Waals surface area contributed by atoms with Crippen molar-refractivity contribution in [3.8, 4) is 11.5 Å². The second kappa shape index (κ2) is 6.25. The van der Waals surface area contributed by atoms with E-state index in [-0.39, 0.29) is 18.4 Å². The summed E-state index contributed by atoms with van der Waals surface area (Å²) in [5, 5.41) is 7.26. The van der Waals surface area contributed by atoms with Crippen molar-refractivity contribution >= 4 is 12.4 Å². The van der Waals surface area contributed by atoms with Gasteiger partial charge in [0.05, 0.1) is 17.8 Å². The number of halogens is 2. The third-order valence-electron chi connectivity index (χ3n) is 3.20. The summed E-state index contributed by atoms with van der Waals surface area (Å²) in [4.78, 5) is 10.3. The van der Waals surface area contributed by atoms with Crippen LogP contribution in [0.15, 0.2) is 23.0 Å². The molecule has 2 aromatic heterocycles. The third-order valence-corrected chi connectivity index (χ3v) is 3.20. The molecule has 6 nitrogen and oxygen atoms in total. The summed E-state index contributed by atoms with van der Waals surface area (Å²) < 4.78 is 18.3. The van der Waals surface area contributed by atoms with E-state index < -0.39 is 5.82 Å². The Morgan fingerprint density at radius 3 is 3.05 bits per heavy atom. The van der Waals surface area contributed by atoms with Gasteiger partial charge in [-0.25, -0.2) is 4.39 Å². The van der Waals surface area contributed by atoms with E-state index in [1.165, 1.54) is 12.3 Å². The van der Waals surface area contributed by atoms with Crippen LogP contribution in [0, 0.1) is 5.82 Å². The van der Waals surface area contributed by atoms with Gasteiger partial charge in [-0.1, -0.05) is 5.16 Å². The van der Waals surface area contributed by atoms with Crippen molar-refractivity contribution in [3.63, 3.8) is 0 Å². The molecule has 1 aliphatic rings. The van der Waals surface area contributed by atoms with Crippen molar-refractivity contribution in [1.29, 1.82) is 0 Å². The Morgan fingerprint density at radius 2 is 2.30 bits per heavy atom. The van der Waals surface area contributed by atoms with Crippen LogP contribution in [0.1, 0.15) is 11.9 Å². The molecule has 1 N–H and O–H groups in total. The lowest BCUT2D eigenvalue weighted by molar-refractivity contribution is 0.190. The number of nitrogens with one attached hydrogen (secondary N) is 1. The lowest BCUT2D eigenvalue weighted by atomic mass is 10.2. The van der Waals surface area contributed by atoms with Gasteiger partial charge in [-0.3, -0.25) is 9.88 Å². The molecule has 0 aromatic carbocycles. The van der Waals surface area contributed by atoms with Crippen LogP contribution in [0.4, 0.5) is 4.39 Å². The van der Waals surface area contributed by atoms with Gasteiger partial charge in [0.25, 0.3) is 5.89 Å². The maximum absolute atomic E-state index is 13.1. The minimum Gasteiger partial charge on any atom is -0.334 e. The van der Waals surface area contributed by atoms with Crippen LogP contribution in [-0.2, 0) is 0 Å². The first kappa shape index (κ1) is 14.8. The lowest BCUT2D eigenvalue weighted by Crippen LogP contribution is -2.44. The smallest absolute Gasteiger partial charge is 0.259 e.